The lowest BCUT2D eigenvalue weighted by Gasteiger charge is -2.16. The fraction of sp³-hybridized carbons (Fsp3) is 0.333. The van der Waals surface area contributed by atoms with Crippen molar-refractivity contribution >= 4 is 28.8 Å². The monoisotopic (exact) mass is 275 g/mol. The molecule has 0 N–H and O–H groups in total. The van der Waals surface area contributed by atoms with Crippen molar-refractivity contribution in [2.75, 3.05) is 11.4 Å². The lowest BCUT2D eigenvalue weighted by Crippen LogP contribution is -2.28. The molecule has 0 aromatic carbocycles. The van der Waals surface area contributed by atoms with Crippen LogP contribution in [0.3, 0.4) is 0 Å². The molecule has 2 aromatic rings. The number of anilines is 1. The van der Waals surface area contributed by atoms with Crippen molar-refractivity contribution in [3.8, 4) is 6.07 Å². The summed E-state index contributed by atoms with van der Waals surface area (Å²) in [5.74, 6) is -0.339. The zero-order valence-corrected chi connectivity index (χ0v) is 10.9. The van der Waals surface area contributed by atoms with E-state index in [2.05, 4.69) is 10.1 Å². The quantitative estimate of drug-likeness (QED) is 0.792. The van der Waals surface area contributed by atoms with Crippen molar-refractivity contribution in [2.45, 2.75) is 13.3 Å². The van der Waals surface area contributed by atoms with E-state index in [9.17, 15) is 4.79 Å². The molecule has 6 nitrogen and oxygen atoms in total. The van der Waals surface area contributed by atoms with Crippen LogP contribution in [0.15, 0.2) is 12.4 Å². The third-order valence-electron chi connectivity index (χ3n) is 3.25. The van der Waals surface area contributed by atoms with Gasteiger partial charge in [0.1, 0.15) is 16.6 Å². The molecular formula is C12H10ClN5O. The van der Waals surface area contributed by atoms with Crippen LogP contribution in [0.4, 0.5) is 5.82 Å². The highest BCUT2D eigenvalue weighted by atomic mass is 35.5. The number of carbonyl (C=O) groups excluding carboxylic acids is 1. The number of fused-ring (bicyclic) bond motifs is 1. The number of aryl methyl sites for hydroxylation is 1. The largest absolute Gasteiger partial charge is 0.294 e. The van der Waals surface area contributed by atoms with Gasteiger partial charge in [0.25, 0.3) is 0 Å². The van der Waals surface area contributed by atoms with Crippen molar-refractivity contribution in [3.63, 3.8) is 0 Å². The van der Waals surface area contributed by atoms with Crippen LogP contribution in [0.2, 0.25) is 5.15 Å². The molecule has 1 fully saturated rings. The molecule has 3 heterocycles. The number of nitrogens with zero attached hydrogens (tertiary/aromatic N) is 5. The summed E-state index contributed by atoms with van der Waals surface area (Å²) < 4.78 is 1.60. The highest BCUT2D eigenvalue weighted by Crippen LogP contribution is 2.29. The van der Waals surface area contributed by atoms with Gasteiger partial charge in [-0.2, -0.15) is 10.4 Å². The molecule has 0 saturated carbocycles. The summed E-state index contributed by atoms with van der Waals surface area (Å²) >= 11 is 5.95. The van der Waals surface area contributed by atoms with Gasteiger partial charge in [-0.1, -0.05) is 11.6 Å². The Morgan fingerprint density at radius 3 is 3.05 bits per heavy atom. The molecule has 96 valence electrons. The van der Waals surface area contributed by atoms with E-state index in [1.807, 2.05) is 13.0 Å². The predicted molar refractivity (Wildman–Crippen MR) is 68.8 cm³/mol. The minimum atomic E-state index is -0.593. The Bertz CT molecular complexity index is 717. The Balaban J connectivity index is 2.18. The average Bonchev–Trinajstić information content (AvgIpc) is 2.92. The number of hydrogen-bond donors (Lipinski definition) is 0. The van der Waals surface area contributed by atoms with Gasteiger partial charge in [-0.15, -0.1) is 0 Å². The number of carbonyl (C=O) groups is 1. The lowest BCUT2D eigenvalue weighted by atomic mass is 10.1. The Morgan fingerprint density at radius 1 is 1.58 bits per heavy atom. The Morgan fingerprint density at radius 2 is 2.37 bits per heavy atom. The van der Waals surface area contributed by atoms with Crippen LogP contribution in [-0.4, -0.2) is 27.0 Å². The Labute approximate surface area is 114 Å². The third kappa shape index (κ3) is 1.74. The molecule has 1 aliphatic rings. The first-order valence-electron chi connectivity index (χ1n) is 5.83. The number of nitriles is 1. The number of hydrogen-bond acceptors (Lipinski definition) is 4. The number of amides is 1. The maximum absolute atomic E-state index is 12.1. The average molecular weight is 276 g/mol. The summed E-state index contributed by atoms with van der Waals surface area (Å²) in [6.07, 6.45) is 3.80. The van der Waals surface area contributed by atoms with Gasteiger partial charge >= 0.3 is 0 Å². The minimum absolute atomic E-state index is 0.222. The van der Waals surface area contributed by atoms with Gasteiger partial charge in [0.15, 0.2) is 5.82 Å². The Kier molecular flexibility index (Phi) is 2.64. The van der Waals surface area contributed by atoms with Crippen LogP contribution >= 0.6 is 11.6 Å². The summed E-state index contributed by atoms with van der Waals surface area (Å²) in [4.78, 5) is 17.9. The highest BCUT2D eigenvalue weighted by molar-refractivity contribution is 6.29. The zero-order valence-electron chi connectivity index (χ0n) is 10.2. The van der Waals surface area contributed by atoms with E-state index in [1.54, 1.807) is 16.9 Å². The van der Waals surface area contributed by atoms with Gasteiger partial charge in [0, 0.05) is 6.54 Å². The topological polar surface area (TPSA) is 74.3 Å². The van der Waals surface area contributed by atoms with Crippen LogP contribution in [-0.2, 0) is 4.79 Å². The van der Waals surface area contributed by atoms with Gasteiger partial charge in [-0.3, -0.25) is 9.69 Å². The maximum Gasteiger partial charge on any atom is 0.245 e. The van der Waals surface area contributed by atoms with E-state index in [0.29, 0.717) is 18.8 Å². The molecular weight excluding hydrogens is 266 g/mol. The predicted octanol–water partition coefficient (Wildman–Crippen LogP) is 1.57. The normalized spacial score (nSPS) is 19.1. The van der Waals surface area contributed by atoms with Crippen molar-refractivity contribution in [2.24, 2.45) is 5.92 Å². The summed E-state index contributed by atoms with van der Waals surface area (Å²) in [5.41, 5.74) is 1.66. The number of halogens is 1. The van der Waals surface area contributed by atoms with Gasteiger partial charge < -0.3 is 0 Å². The standard InChI is InChI=1S/C12H10ClN5O/c1-7-5-15-18-6-9(13)16-11(10(7)18)17-3-2-8(4-14)12(17)19/h5-6,8H,2-3H2,1H3. The van der Waals surface area contributed by atoms with E-state index < -0.39 is 5.92 Å². The molecule has 0 radical (unpaired) electrons. The van der Waals surface area contributed by atoms with Crippen LogP contribution in [0.1, 0.15) is 12.0 Å². The summed E-state index contributed by atoms with van der Waals surface area (Å²) in [6.45, 7) is 2.37. The van der Waals surface area contributed by atoms with E-state index in [0.717, 1.165) is 11.1 Å². The van der Waals surface area contributed by atoms with Gasteiger partial charge in [-0.05, 0) is 18.9 Å². The first-order chi connectivity index (χ1) is 9.11. The molecule has 3 rings (SSSR count). The van der Waals surface area contributed by atoms with Crippen molar-refractivity contribution in [1.29, 1.82) is 5.26 Å². The minimum Gasteiger partial charge on any atom is -0.294 e. The summed E-state index contributed by atoms with van der Waals surface area (Å²) in [5, 5.41) is 13.3. The fourth-order valence-corrected chi connectivity index (χ4v) is 2.48. The first-order valence-corrected chi connectivity index (χ1v) is 6.21. The molecule has 1 atom stereocenters. The second kappa shape index (κ2) is 4.21. The SMILES string of the molecule is Cc1cnn2cc(Cl)nc(N3CCC(C#N)C3=O)c12. The van der Waals surface area contributed by atoms with E-state index in [1.165, 1.54) is 4.90 Å². The molecule has 0 spiro atoms. The molecule has 1 amide bonds. The molecule has 7 heteroatoms. The fourth-order valence-electron chi connectivity index (χ4n) is 2.31. The molecule has 1 saturated heterocycles. The second-order valence-corrected chi connectivity index (χ2v) is 4.86. The molecule has 1 aliphatic heterocycles. The van der Waals surface area contributed by atoms with Gasteiger partial charge in [0.05, 0.1) is 18.5 Å². The molecule has 19 heavy (non-hydrogen) atoms. The third-order valence-corrected chi connectivity index (χ3v) is 3.43. The van der Waals surface area contributed by atoms with Crippen LogP contribution in [0, 0.1) is 24.2 Å². The van der Waals surface area contributed by atoms with Gasteiger partial charge in [0.2, 0.25) is 5.91 Å². The van der Waals surface area contributed by atoms with Crippen molar-refractivity contribution in [3.05, 3.63) is 23.1 Å². The van der Waals surface area contributed by atoms with Crippen LogP contribution in [0.5, 0.6) is 0 Å². The maximum atomic E-state index is 12.1. The number of aromatic nitrogens is 3. The summed E-state index contributed by atoms with van der Waals surface area (Å²) in [6, 6.07) is 2.01. The smallest absolute Gasteiger partial charge is 0.245 e. The molecule has 0 bridgehead atoms. The molecule has 0 aliphatic carbocycles. The Hall–Kier alpha value is -2.13. The number of rotatable bonds is 1. The van der Waals surface area contributed by atoms with E-state index in [-0.39, 0.29) is 11.1 Å². The molecule has 1 unspecified atom stereocenters. The first kappa shape index (κ1) is 11.9. The van der Waals surface area contributed by atoms with Gasteiger partial charge in [-0.25, -0.2) is 9.50 Å². The second-order valence-electron chi connectivity index (χ2n) is 4.47. The zero-order chi connectivity index (χ0) is 13.6. The van der Waals surface area contributed by atoms with Crippen molar-refractivity contribution in [1.82, 2.24) is 14.6 Å². The summed E-state index contributed by atoms with van der Waals surface area (Å²) in [7, 11) is 0. The van der Waals surface area contributed by atoms with Crippen molar-refractivity contribution < 1.29 is 4.79 Å². The highest BCUT2D eigenvalue weighted by Gasteiger charge is 2.34. The van der Waals surface area contributed by atoms with E-state index >= 15 is 0 Å². The van der Waals surface area contributed by atoms with Crippen LogP contribution < -0.4 is 4.90 Å². The van der Waals surface area contributed by atoms with E-state index in [4.69, 9.17) is 16.9 Å². The lowest BCUT2D eigenvalue weighted by molar-refractivity contribution is -0.119. The molecule has 2 aromatic heterocycles. The van der Waals surface area contributed by atoms with Crippen LogP contribution in [0.25, 0.3) is 5.52 Å².